The first-order valence-corrected chi connectivity index (χ1v) is 8.74. The van der Waals surface area contributed by atoms with Crippen molar-refractivity contribution in [2.75, 3.05) is 7.11 Å². The number of nitrogens with zero attached hydrogens (tertiary/aromatic N) is 2. The first kappa shape index (κ1) is 14.6. The van der Waals surface area contributed by atoms with Crippen molar-refractivity contribution >= 4 is 39.0 Å². The van der Waals surface area contributed by atoms with Gasteiger partial charge in [-0.3, -0.25) is 0 Å². The molecule has 2 aromatic heterocycles. The Bertz CT molecular complexity index is 728. The molecule has 4 nitrogen and oxygen atoms in total. The molecule has 0 aliphatic heterocycles. The van der Waals surface area contributed by atoms with Gasteiger partial charge in [0.05, 0.1) is 12.0 Å². The van der Waals surface area contributed by atoms with Crippen LogP contribution >= 0.6 is 39.0 Å². The predicted molar refractivity (Wildman–Crippen MR) is 87.9 cm³/mol. The van der Waals surface area contributed by atoms with Gasteiger partial charge in [-0.2, -0.15) is 0 Å². The molecule has 0 spiro atoms. The fourth-order valence-electron chi connectivity index (χ4n) is 1.77. The second kappa shape index (κ2) is 6.64. The van der Waals surface area contributed by atoms with Gasteiger partial charge in [0, 0.05) is 15.8 Å². The van der Waals surface area contributed by atoms with E-state index in [2.05, 4.69) is 26.1 Å². The van der Waals surface area contributed by atoms with Crippen LogP contribution in [0.4, 0.5) is 0 Å². The minimum Gasteiger partial charge on any atom is -0.496 e. The molecule has 3 aromatic rings. The third kappa shape index (κ3) is 3.48. The van der Waals surface area contributed by atoms with Gasteiger partial charge in [-0.1, -0.05) is 33.8 Å². The second-order valence-electron chi connectivity index (χ2n) is 4.10. The van der Waals surface area contributed by atoms with Gasteiger partial charge in [0.25, 0.3) is 11.1 Å². The van der Waals surface area contributed by atoms with Crippen LogP contribution in [0.2, 0.25) is 0 Å². The molecule has 0 unspecified atom stereocenters. The summed E-state index contributed by atoms with van der Waals surface area (Å²) >= 11 is 6.54. The lowest BCUT2D eigenvalue weighted by Gasteiger charge is -2.07. The van der Waals surface area contributed by atoms with E-state index in [4.69, 9.17) is 9.15 Å². The number of ether oxygens (including phenoxy) is 1. The van der Waals surface area contributed by atoms with Crippen LogP contribution in [0.1, 0.15) is 5.56 Å². The normalized spacial score (nSPS) is 10.8. The molecule has 0 saturated heterocycles. The van der Waals surface area contributed by atoms with Crippen molar-refractivity contribution in [3.63, 3.8) is 0 Å². The van der Waals surface area contributed by atoms with Crippen molar-refractivity contribution in [2.45, 2.75) is 11.0 Å². The number of thioether (sulfide) groups is 1. The zero-order valence-corrected chi connectivity index (χ0v) is 14.3. The average Bonchev–Trinajstić information content (AvgIpc) is 3.16. The fraction of sp³-hybridized carbons (Fsp3) is 0.143. The molecule has 0 atom stereocenters. The van der Waals surface area contributed by atoms with Gasteiger partial charge in [0.15, 0.2) is 0 Å². The summed E-state index contributed by atoms with van der Waals surface area (Å²) in [5.74, 6) is 2.12. The number of halogens is 1. The smallest absolute Gasteiger partial charge is 0.277 e. The van der Waals surface area contributed by atoms with Crippen LogP contribution in [0.5, 0.6) is 5.75 Å². The van der Waals surface area contributed by atoms with Gasteiger partial charge >= 0.3 is 0 Å². The highest BCUT2D eigenvalue weighted by atomic mass is 79.9. The number of methoxy groups -OCH3 is 1. The summed E-state index contributed by atoms with van der Waals surface area (Å²) in [6.45, 7) is 0. The van der Waals surface area contributed by atoms with E-state index in [0.717, 1.165) is 20.7 Å². The largest absolute Gasteiger partial charge is 0.496 e. The molecular formula is C14H11BrN2O2S2. The molecule has 0 N–H and O–H groups in total. The number of aromatic nitrogens is 2. The monoisotopic (exact) mass is 382 g/mol. The summed E-state index contributed by atoms with van der Waals surface area (Å²) in [5.41, 5.74) is 1.08. The van der Waals surface area contributed by atoms with Gasteiger partial charge < -0.3 is 9.15 Å². The molecular weight excluding hydrogens is 372 g/mol. The minimum absolute atomic E-state index is 0.556. The summed E-state index contributed by atoms with van der Waals surface area (Å²) in [7, 11) is 1.67. The molecule has 0 aliphatic rings. The Morgan fingerprint density at radius 2 is 2.24 bits per heavy atom. The maximum Gasteiger partial charge on any atom is 0.277 e. The highest BCUT2D eigenvalue weighted by molar-refractivity contribution is 9.10. The van der Waals surface area contributed by atoms with E-state index in [1.165, 1.54) is 11.8 Å². The summed E-state index contributed by atoms with van der Waals surface area (Å²) < 4.78 is 12.0. The Morgan fingerprint density at radius 1 is 1.33 bits per heavy atom. The molecule has 0 bridgehead atoms. The minimum atomic E-state index is 0.556. The molecule has 7 heteroatoms. The van der Waals surface area contributed by atoms with E-state index >= 15 is 0 Å². The van der Waals surface area contributed by atoms with Gasteiger partial charge in [0.2, 0.25) is 0 Å². The van der Waals surface area contributed by atoms with Crippen molar-refractivity contribution in [3.8, 4) is 16.5 Å². The Morgan fingerprint density at radius 3 is 3.00 bits per heavy atom. The number of thiophene rings is 1. The first-order valence-electron chi connectivity index (χ1n) is 6.09. The molecule has 2 heterocycles. The average molecular weight is 383 g/mol. The Hall–Kier alpha value is -1.31. The Labute approximate surface area is 138 Å². The summed E-state index contributed by atoms with van der Waals surface area (Å²) in [6, 6.07) is 9.84. The summed E-state index contributed by atoms with van der Waals surface area (Å²) in [4.78, 5) is 0.981. The van der Waals surface area contributed by atoms with E-state index in [1.54, 1.807) is 18.4 Å². The molecule has 21 heavy (non-hydrogen) atoms. The first-order chi connectivity index (χ1) is 10.3. The van der Waals surface area contributed by atoms with Crippen molar-refractivity contribution in [3.05, 3.63) is 45.7 Å². The lowest BCUT2D eigenvalue weighted by Crippen LogP contribution is -1.90. The Kier molecular flexibility index (Phi) is 4.62. The van der Waals surface area contributed by atoms with Crippen LogP contribution < -0.4 is 4.74 Å². The molecule has 0 amide bonds. The highest BCUT2D eigenvalue weighted by Crippen LogP contribution is 2.31. The van der Waals surface area contributed by atoms with Crippen molar-refractivity contribution < 1.29 is 9.15 Å². The van der Waals surface area contributed by atoms with Gasteiger partial charge in [-0.15, -0.1) is 21.5 Å². The molecule has 0 aliphatic carbocycles. The van der Waals surface area contributed by atoms with Gasteiger partial charge in [-0.05, 0) is 29.6 Å². The fourth-order valence-corrected chi connectivity index (χ4v) is 3.56. The Balaban J connectivity index is 1.72. The van der Waals surface area contributed by atoms with Crippen LogP contribution in [0, 0.1) is 0 Å². The summed E-state index contributed by atoms with van der Waals surface area (Å²) in [6.07, 6.45) is 0. The maximum absolute atomic E-state index is 5.65. The van der Waals surface area contributed by atoms with Crippen LogP contribution in [0.25, 0.3) is 10.8 Å². The standard InChI is InChI=1S/C14H11BrN2O2S2/c1-18-11-5-4-10(15)7-9(11)8-21-14-17-16-13(19-14)12-3-2-6-20-12/h2-7H,8H2,1H3. The van der Waals surface area contributed by atoms with Crippen LogP contribution in [0.15, 0.2) is 49.8 Å². The number of hydrogen-bond donors (Lipinski definition) is 0. The topological polar surface area (TPSA) is 48.2 Å². The molecule has 0 saturated carbocycles. The zero-order chi connectivity index (χ0) is 14.7. The van der Waals surface area contributed by atoms with Gasteiger partial charge in [-0.25, -0.2) is 0 Å². The quantitative estimate of drug-likeness (QED) is 0.589. The van der Waals surface area contributed by atoms with Crippen molar-refractivity contribution in [2.24, 2.45) is 0 Å². The van der Waals surface area contributed by atoms with Gasteiger partial charge in [0.1, 0.15) is 5.75 Å². The van der Waals surface area contributed by atoms with E-state index in [-0.39, 0.29) is 0 Å². The van der Waals surface area contributed by atoms with Crippen molar-refractivity contribution in [1.29, 1.82) is 0 Å². The summed E-state index contributed by atoms with van der Waals surface area (Å²) in [5, 5.41) is 10.7. The number of benzene rings is 1. The predicted octanol–water partition coefficient (Wildman–Crippen LogP) is 4.86. The third-order valence-electron chi connectivity index (χ3n) is 2.73. The number of hydrogen-bond acceptors (Lipinski definition) is 6. The lowest BCUT2D eigenvalue weighted by molar-refractivity contribution is 0.411. The zero-order valence-electron chi connectivity index (χ0n) is 11.1. The number of rotatable bonds is 5. The molecule has 3 rings (SSSR count). The molecule has 108 valence electrons. The second-order valence-corrected chi connectivity index (χ2v) is 6.89. The van der Waals surface area contributed by atoms with E-state index in [1.807, 2.05) is 35.7 Å². The SMILES string of the molecule is COc1ccc(Br)cc1CSc1nnc(-c2cccs2)o1. The van der Waals surface area contributed by atoms with Crippen molar-refractivity contribution in [1.82, 2.24) is 10.2 Å². The lowest BCUT2D eigenvalue weighted by atomic mass is 10.2. The molecule has 0 fully saturated rings. The van der Waals surface area contributed by atoms with E-state index < -0.39 is 0 Å². The van der Waals surface area contributed by atoms with Crippen LogP contribution in [-0.2, 0) is 5.75 Å². The van der Waals surface area contributed by atoms with E-state index in [0.29, 0.717) is 16.9 Å². The van der Waals surface area contributed by atoms with Crippen LogP contribution in [0.3, 0.4) is 0 Å². The highest BCUT2D eigenvalue weighted by Gasteiger charge is 2.11. The van der Waals surface area contributed by atoms with Crippen LogP contribution in [-0.4, -0.2) is 17.3 Å². The molecule has 1 aromatic carbocycles. The molecule has 0 radical (unpaired) electrons. The van der Waals surface area contributed by atoms with E-state index in [9.17, 15) is 0 Å². The maximum atomic E-state index is 5.65. The third-order valence-corrected chi connectivity index (χ3v) is 4.95.